The minimum absolute atomic E-state index is 0.801. The molecule has 0 aliphatic carbocycles. The van der Waals surface area contributed by atoms with E-state index in [0.29, 0.717) is 0 Å². The average Bonchev–Trinajstić information content (AvgIpc) is 2.06. The van der Waals surface area contributed by atoms with E-state index in [1.54, 1.807) is 6.08 Å². The van der Waals surface area contributed by atoms with Crippen LogP contribution in [0.4, 0.5) is 5.69 Å². The first-order chi connectivity index (χ1) is 6.17. The van der Waals surface area contributed by atoms with Crippen molar-refractivity contribution in [2.75, 3.05) is 5.73 Å². The van der Waals surface area contributed by atoms with Gasteiger partial charge in [0.05, 0.1) is 0 Å². The maximum atomic E-state index is 5.66. The molecule has 0 spiro atoms. The van der Waals surface area contributed by atoms with Gasteiger partial charge in [-0.2, -0.15) is 0 Å². The fourth-order valence-corrected chi connectivity index (χ4v) is 0.982. The van der Waals surface area contributed by atoms with Crippen molar-refractivity contribution in [3.8, 4) is 0 Å². The van der Waals surface area contributed by atoms with Gasteiger partial charge in [0.1, 0.15) is 0 Å². The van der Waals surface area contributed by atoms with Crippen molar-refractivity contribution in [3.05, 3.63) is 35.9 Å². The third kappa shape index (κ3) is 3.79. The largest absolute Gasteiger partial charge is 0.398 e. The first-order valence-electron chi connectivity index (χ1n) is 4.64. The Kier molecular flexibility index (Phi) is 5.69. The Balaban J connectivity index is 0.000000424. The molecule has 0 amide bonds. The van der Waals surface area contributed by atoms with Gasteiger partial charge in [-0.25, -0.2) is 0 Å². The van der Waals surface area contributed by atoms with Gasteiger partial charge < -0.3 is 5.73 Å². The second-order valence-corrected chi connectivity index (χ2v) is 2.99. The quantitative estimate of drug-likeness (QED) is 0.651. The van der Waals surface area contributed by atoms with E-state index in [1.807, 2.05) is 25.1 Å². The highest BCUT2D eigenvalue weighted by Gasteiger charge is 1.95. The minimum atomic E-state index is 0.801. The van der Waals surface area contributed by atoms with E-state index in [4.69, 9.17) is 5.73 Å². The first kappa shape index (κ1) is 11.8. The second-order valence-electron chi connectivity index (χ2n) is 2.99. The summed E-state index contributed by atoms with van der Waals surface area (Å²) in [6.45, 7) is 9.94. The summed E-state index contributed by atoms with van der Waals surface area (Å²) in [6.07, 6.45) is 3.03. The molecule has 0 heterocycles. The van der Waals surface area contributed by atoms with Crippen LogP contribution in [0.1, 0.15) is 31.4 Å². The molecule has 1 heteroatoms. The van der Waals surface area contributed by atoms with E-state index >= 15 is 0 Å². The average molecular weight is 177 g/mol. The van der Waals surface area contributed by atoms with Crippen molar-refractivity contribution in [2.45, 2.75) is 27.2 Å². The number of aryl methyl sites for hydroxylation is 1. The molecule has 1 aromatic rings. The predicted molar refractivity (Wildman–Crippen MR) is 61.6 cm³/mol. The fourth-order valence-electron chi connectivity index (χ4n) is 0.982. The fraction of sp³-hybridized carbons (Fsp3) is 0.333. The molecule has 1 aromatic carbocycles. The van der Waals surface area contributed by atoms with E-state index in [0.717, 1.165) is 11.3 Å². The molecular weight excluding hydrogens is 158 g/mol. The zero-order chi connectivity index (χ0) is 10.3. The lowest BCUT2D eigenvalue weighted by Crippen LogP contribution is -1.90. The number of hydrogen-bond donors (Lipinski definition) is 1. The summed E-state index contributed by atoms with van der Waals surface area (Å²) in [6, 6.07) is 5.84. The summed E-state index contributed by atoms with van der Waals surface area (Å²) < 4.78 is 0. The normalized spacial score (nSPS) is 8.54. The Morgan fingerprint density at radius 2 is 1.92 bits per heavy atom. The smallest absolute Gasteiger partial charge is 0.0390 e. The van der Waals surface area contributed by atoms with Crippen LogP contribution in [0.3, 0.4) is 0 Å². The lowest BCUT2D eigenvalue weighted by atomic mass is 10.1. The number of nitrogens with two attached hydrogens (primary N) is 1. The third-order valence-corrected chi connectivity index (χ3v) is 1.56. The molecule has 0 bridgehead atoms. The highest BCUT2D eigenvalue weighted by molar-refractivity contribution is 5.66. The molecule has 1 nitrogen and oxygen atoms in total. The van der Waals surface area contributed by atoms with Gasteiger partial charge in [-0.3, -0.25) is 0 Å². The van der Waals surface area contributed by atoms with Crippen LogP contribution in [0.5, 0.6) is 0 Å². The van der Waals surface area contributed by atoms with Crippen LogP contribution in [0, 0.1) is 6.92 Å². The Morgan fingerprint density at radius 3 is 2.23 bits per heavy atom. The molecule has 72 valence electrons. The topological polar surface area (TPSA) is 26.0 Å². The van der Waals surface area contributed by atoms with Crippen LogP contribution < -0.4 is 5.73 Å². The Morgan fingerprint density at radius 1 is 1.38 bits per heavy atom. The highest BCUT2D eigenvalue weighted by atomic mass is 14.6. The highest BCUT2D eigenvalue weighted by Crippen LogP contribution is 2.16. The number of anilines is 1. The van der Waals surface area contributed by atoms with Gasteiger partial charge in [-0.15, -0.1) is 0 Å². The van der Waals surface area contributed by atoms with Gasteiger partial charge in [-0.05, 0) is 24.1 Å². The number of hydrogen-bond acceptors (Lipinski definition) is 1. The summed E-state index contributed by atoms with van der Waals surface area (Å²) in [4.78, 5) is 0. The molecule has 0 aliphatic heterocycles. The molecular formula is C12H19N. The van der Waals surface area contributed by atoms with Gasteiger partial charge in [0.15, 0.2) is 0 Å². The van der Waals surface area contributed by atoms with Crippen molar-refractivity contribution >= 4 is 11.8 Å². The van der Waals surface area contributed by atoms with E-state index in [1.165, 1.54) is 12.0 Å². The Labute approximate surface area is 81.3 Å². The summed E-state index contributed by atoms with van der Waals surface area (Å²) in [5.41, 5.74) is 8.68. The van der Waals surface area contributed by atoms with Crippen LogP contribution in [0.2, 0.25) is 0 Å². The Bertz CT molecular complexity index is 244. The van der Waals surface area contributed by atoms with Gasteiger partial charge in [0.25, 0.3) is 0 Å². The molecule has 2 N–H and O–H groups in total. The minimum Gasteiger partial charge on any atom is -0.398 e. The van der Waals surface area contributed by atoms with Gasteiger partial charge in [-0.1, -0.05) is 45.1 Å². The van der Waals surface area contributed by atoms with E-state index in [9.17, 15) is 0 Å². The lowest BCUT2D eigenvalue weighted by Gasteiger charge is -2.02. The summed E-state index contributed by atoms with van der Waals surface area (Å²) in [7, 11) is 0. The lowest BCUT2D eigenvalue weighted by molar-refractivity contribution is 1.09. The molecule has 13 heavy (non-hydrogen) atoms. The molecule has 0 aliphatic rings. The van der Waals surface area contributed by atoms with Gasteiger partial charge in [0, 0.05) is 5.69 Å². The van der Waals surface area contributed by atoms with Crippen molar-refractivity contribution in [2.24, 2.45) is 0 Å². The number of benzene rings is 1. The molecule has 0 saturated heterocycles. The van der Waals surface area contributed by atoms with Crippen molar-refractivity contribution in [3.63, 3.8) is 0 Å². The monoisotopic (exact) mass is 177 g/mol. The molecule has 0 unspecified atom stereocenters. The molecule has 0 radical (unpaired) electrons. The summed E-state index contributed by atoms with van der Waals surface area (Å²) in [5.74, 6) is 0. The maximum absolute atomic E-state index is 5.66. The molecule has 0 saturated carbocycles. The van der Waals surface area contributed by atoms with E-state index < -0.39 is 0 Å². The molecule has 0 aromatic heterocycles. The first-order valence-corrected chi connectivity index (χ1v) is 4.64. The summed E-state index contributed by atoms with van der Waals surface area (Å²) >= 11 is 0. The molecule has 0 fully saturated rings. The van der Waals surface area contributed by atoms with Crippen LogP contribution in [0.25, 0.3) is 6.08 Å². The van der Waals surface area contributed by atoms with Crippen LogP contribution in [0.15, 0.2) is 24.8 Å². The zero-order valence-corrected chi connectivity index (χ0v) is 8.80. The number of nitrogen functional groups attached to an aromatic ring is 1. The van der Waals surface area contributed by atoms with E-state index in [-0.39, 0.29) is 0 Å². The second kappa shape index (κ2) is 6.30. The van der Waals surface area contributed by atoms with Crippen molar-refractivity contribution in [1.82, 2.24) is 0 Å². The molecule has 1 rings (SSSR count). The summed E-state index contributed by atoms with van der Waals surface area (Å²) in [5, 5.41) is 0. The zero-order valence-electron chi connectivity index (χ0n) is 8.80. The third-order valence-electron chi connectivity index (χ3n) is 1.56. The maximum Gasteiger partial charge on any atom is 0.0390 e. The van der Waals surface area contributed by atoms with Crippen LogP contribution in [-0.4, -0.2) is 0 Å². The van der Waals surface area contributed by atoms with Crippen molar-refractivity contribution < 1.29 is 0 Å². The van der Waals surface area contributed by atoms with E-state index in [2.05, 4.69) is 20.4 Å². The van der Waals surface area contributed by atoms with Crippen LogP contribution >= 0.6 is 0 Å². The standard InChI is InChI=1S/C9H11N.C3H8/c1-3-8-7(2)5-4-6-9(8)10;1-3-2/h3-6H,1,10H2,2H3;3H2,1-2H3. The van der Waals surface area contributed by atoms with Gasteiger partial charge in [0.2, 0.25) is 0 Å². The molecule has 0 atom stereocenters. The predicted octanol–water partition coefficient (Wildman–Crippen LogP) is 3.64. The Hall–Kier alpha value is -1.24. The SMILES string of the molecule is C=Cc1c(C)cccc1N.CCC. The van der Waals surface area contributed by atoms with Crippen LogP contribution in [-0.2, 0) is 0 Å². The number of rotatable bonds is 1. The van der Waals surface area contributed by atoms with Gasteiger partial charge >= 0.3 is 0 Å². The van der Waals surface area contributed by atoms with Crippen molar-refractivity contribution in [1.29, 1.82) is 0 Å².